The van der Waals surface area contributed by atoms with Crippen LogP contribution in [0.5, 0.6) is 11.5 Å². The van der Waals surface area contributed by atoms with E-state index >= 15 is 0 Å². The van der Waals surface area contributed by atoms with Crippen LogP contribution in [0.2, 0.25) is 0 Å². The molecule has 0 fully saturated rings. The number of benzene rings is 3. The second-order valence-electron chi connectivity index (χ2n) is 6.48. The van der Waals surface area contributed by atoms with Gasteiger partial charge in [-0.1, -0.05) is 42.5 Å². The van der Waals surface area contributed by atoms with Crippen molar-refractivity contribution in [3.8, 4) is 22.9 Å². The van der Waals surface area contributed by atoms with Crippen molar-refractivity contribution >= 4 is 18.4 Å². The lowest BCUT2D eigenvalue weighted by molar-refractivity contribution is 0.306. The van der Waals surface area contributed by atoms with Crippen LogP contribution in [0.1, 0.15) is 11.1 Å². The van der Waals surface area contributed by atoms with E-state index in [9.17, 15) is 0 Å². The molecule has 7 heteroatoms. The first-order chi connectivity index (χ1) is 14.7. The molecule has 150 valence electrons. The number of nitrogens with zero attached hydrogens (tertiary/aromatic N) is 3. The molecule has 0 radical (unpaired) electrons. The number of ether oxygens (including phenoxy) is 2. The van der Waals surface area contributed by atoms with Gasteiger partial charge in [0.05, 0.1) is 13.3 Å². The third-order valence-electron chi connectivity index (χ3n) is 4.43. The molecule has 4 aromatic rings. The Balaban J connectivity index is 1.49. The summed E-state index contributed by atoms with van der Waals surface area (Å²) in [5.41, 5.74) is 2.90. The Morgan fingerprint density at radius 2 is 1.80 bits per heavy atom. The van der Waals surface area contributed by atoms with Gasteiger partial charge in [-0.05, 0) is 59.7 Å². The summed E-state index contributed by atoms with van der Waals surface area (Å²) in [5.74, 6) is 2.15. The molecule has 3 aromatic carbocycles. The molecular formula is C23H20N4O2S. The van der Waals surface area contributed by atoms with Crippen LogP contribution in [0.25, 0.3) is 11.4 Å². The minimum Gasteiger partial charge on any atom is -0.497 e. The largest absolute Gasteiger partial charge is 0.497 e. The normalized spacial score (nSPS) is 11.0. The van der Waals surface area contributed by atoms with Gasteiger partial charge in [0.1, 0.15) is 18.1 Å². The molecule has 0 amide bonds. The van der Waals surface area contributed by atoms with Crippen LogP contribution in [-0.2, 0) is 6.61 Å². The zero-order chi connectivity index (χ0) is 20.8. The first-order valence-corrected chi connectivity index (χ1v) is 9.77. The van der Waals surface area contributed by atoms with Crippen molar-refractivity contribution in [1.29, 1.82) is 0 Å². The van der Waals surface area contributed by atoms with Crippen molar-refractivity contribution in [2.75, 3.05) is 7.11 Å². The molecule has 1 aromatic heterocycles. The fourth-order valence-electron chi connectivity index (χ4n) is 2.86. The number of nitrogens with one attached hydrogen (secondary N) is 1. The summed E-state index contributed by atoms with van der Waals surface area (Å²) in [4.78, 5) is 0. The highest BCUT2D eigenvalue weighted by molar-refractivity contribution is 7.71. The van der Waals surface area contributed by atoms with E-state index in [0.29, 0.717) is 17.2 Å². The highest BCUT2D eigenvalue weighted by Crippen LogP contribution is 2.22. The predicted molar refractivity (Wildman–Crippen MR) is 120 cm³/mol. The van der Waals surface area contributed by atoms with E-state index in [1.807, 2.05) is 78.9 Å². The Hall–Kier alpha value is -3.71. The van der Waals surface area contributed by atoms with Gasteiger partial charge in [0, 0.05) is 5.56 Å². The van der Waals surface area contributed by atoms with Crippen LogP contribution in [0.3, 0.4) is 0 Å². The van der Waals surface area contributed by atoms with Crippen molar-refractivity contribution in [1.82, 2.24) is 14.9 Å². The monoisotopic (exact) mass is 416 g/mol. The van der Waals surface area contributed by atoms with E-state index in [1.54, 1.807) is 18.0 Å². The number of H-pyrrole nitrogens is 1. The number of aromatic nitrogens is 3. The van der Waals surface area contributed by atoms with Crippen LogP contribution in [0.15, 0.2) is 84.0 Å². The molecular weight excluding hydrogens is 396 g/mol. The molecule has 0 aliphatic carbocycles. The SMILES string of the molecule is COc1cccc(-c2n[nH]c(=S)n2N=Cc2ccc(OCc3ccccc3)cc2)c1. The lowest BCUT2D eigenvalue weighted by Crippen LogP contribution is -1.96. The van der Waals surface area contributed by atoms with E-state index < -0.39 is 0 Å². The molecule has 0 bridgehead atoms. The Morgan fingerprint density at radius 3 is 2.57 bits per heavy atom. The fraction of sp³-hybridized carbons (Fsp3) is 0.0870. The Bertz CT molecular complexity index is 1200. The van der Waals surface area contributed by atoms with Crippen LogP contribution in [-0.4, -0.2) is 28.2 Å². The quantitative estimate of drug-likeness (QED) is 0.337. The average molecular weight is 417 g/mol. The van der Waals surface area contributed by atoms with Gasteiger partial charge >= 0.3 is 0 Å². The summed E-state index contributed by atoms with van der Waals surface area (Å²) < 4.78 is 13.1. The average Bonchev–Trinajstić information content (AvgIpc) is 3.18. The first kappa shape index (κ1) is 19.6. The molecule has 0 aliphatic rings. The fourth-order valence-corrected chi connectivity index (χ4v) is 3.04. The Kier molecular flexibility index (Phi) is 6.01. The highest BCUT2D eigenvalue weighted by atomic mass is 32.1. The first-order valence-electron chi connectivity index (χ1n) is 9.36. The smallest absolute Gasteiger partial charge is 0.216 e. The van der Waals surface area contributed by atoms with Crippen molar-refractivity contribution in [3.63, 3.8) is 0 Å². The molecule has 1 N–H and O–H groups in total. The van der Waals surface area contributed by atoms with Gasteiger partial charge in [-0.3, -0.25) is 0 Å². The lowest BCUT2D eigenvalue weighted by Gasteiger charge is -2.06. The summed E-state index contributed by atoms with van der Waals surface area (Å²) in [7, 11) is 1.63. The van der Waals surface area contributed by atoms with Gasteiger partial charge in [-0.25, -0.2) is 5.10 Å². The maximum Gasteiger partial charge on any atom is 0.216 e. The van der Waals surface area contributed by atoms with E-state index in [2.05, 4.69) is 15.3 Å². The van der Waals surface area contributed by atoms with Gasteiger partial charge in [-0.2, -0.15) is 14.9 Å². The number of aromatic amines is 1. The van der Waals surface area contributed by atoms with Gasteiger partial charge in [0.2, 0.25) is 4.77 Å². The summed E-state index contributed by atoms with van der Waals surface area (Å²) >= 11 is 5.33. The number of methoxy groups -OCH3 is 1. The third-order valence-corrected chi connectivity index (χ3v) is 4.69. The van der Waals surface area contributed by atoms with Crippen LogP contribution < -0.4 is 9.47 Å². The number of hydrogen-bond acceptors (Lipinski definition) is 5. The minimum atomic E-state index is 0.409. The summed E-state index contributed by atoms with van der Waals surface area (Å²) in [6.45, 7) is 0.530. The lowest BCUT2D eigenvalue weighted by atomic mass is 10.2. The number of hydrogen-bond donors (Lipinski definition) is 1. The highest BCUT2D eigenvalue weighted by Gasteiger charge is 2.09. The summed E-state index contributed by atoms with van der Waals surface area (Å²) in [6, 6.07) is 25.4. The van der Waals surface area contributed by atoms with Crippen molar-refractivity contribution in [2.24, 2.45) is 5.10 Å². The van der Waals surface area contributed by atoms with Crippen LogP contribution >= 0.6 is 12.2 Å². The van der Waals surface area contributed by atoms with Crippen LogP contribution in [0, 0.1) is 4.77 Å². The zero-order valence-electron chi connectivity index (χ0n) is 16.4. The summed E-state index contributed by atoms with van der Waals surface area (Å²) in [6.07, 6.45) is 1.73. The molecule has 0 saturated heterocycles. The Labute approximate surface area is 179 Å². The van der Waals surface area contributed by atoms with E-state index in [1.165, 1.54) is 0 Å². The molecule has 0 saturated carbocycles. The van der Waals surface area contributed by atoms with Crippen molar-refractivity contribution in [2.45, 2.75) is 6.61 Å². The van der Waals surface area contributed by atoms with Crippen molar-refractivity contribution < 1.29 is 9.47 Å². The molecule has 1 heterocycles. The minimum absolute atomic E-state index is 0.409. The van der Waals surface area contributed by atoms with Gasteiger partial charge < -0.3 is 9.47 Å². The van der Waals surface area contributed by atoms with Gasteiger partial charge in [0.15, 0.2) is 5.82 Å². The third kappa shape index (κ3) is 4.64. The van der Waals surface area contributed by atoms with E-state index in [4.69, 9.17) is 21.7 Å². The van der Waals surface area contributed by atoms with Crippen LogP contribution in [0.4, 0.5) is 0 Å². The van der Waals surface area contributed by atoms with E-state index in [0.717, 1.165) is 28.2 Å². The van der Waals surface area contributed by atoms with Crippen molar-refractivity contribution in [3.05, 3.63) is 94.8 Å². The van der Waals surface area contributed by atoms with Gasteiger partial charge in [-0.15, -0.1) is 0 Å². The number of rotatable bonds is 7. The Morgan fingerprint density at radius 1 is 1.00 bits per heavy atom. The maximum atomic E-state index is 5.82. The summed E-state index contributed by atoms with van der Waals surface area (Å²) in [5, 5.41) is 11.6. The second-order valence-corrected chi connectivity index (χ2v) is 6.87. The standard InChI is InChI=1S/C23H20N4O2S/c1-28-21-9-5-8-19(14-21)22-25-26-23(30)27(22)24-15-17-10-12-20(13-11-17)29-16-18-6-3-2-4-7-18/h2-15H,16H2,1H3,(H,26,30). The van der Waals surface area contributed by atoms with Gasteiger partial charge in [0.25, 0.3) is 0 Å². The predicted octanol–water partition coefficient (Wildman–Crippen LogP) is 5.08. The molecule has 0 aliphatic heterocycles. The molecule has 4 rings (SSSR count). The molecule has 0 spiro atoms. The molecule has 6 nitrogen and oxygen atoms in total. The maximum absolute atomic E-state index is 5.82. The molecule has 0 atom stereocenters. The molecule has 30 heavy (non-hydrogen) atoms. The molecule has 0 unspecified atom stereocenters. The topological polar surface area (TPSA) is 64.4 Å². The zero-order valence-corrected chi connectivity index (χ0v) is 17.2. The van der Waals surface area contributed by atoms with E-state index in [-0.39, 0.29) is 0 Å². The second kappa shape index (κ2) is 9.19.